The van der Waals surface area contributed by atoms with Crippen LogP contribution in [0, 0.1) is 0 Å². The minimum absolute atomic E-state index is 0.0163. The molecule has 4 atom stereocenters. The van der Waals surface area contributed by atoms with Crippen LogP contribution in [-0.4, -0.2) is 80.8 Å². The van der Waals surface area contributed by atoms with Crippen molar-refractivity contribution in [2.45, 2.75) is 63.7 Å². The summed E-state index contributed by atoms with van der Waals surface area (Å²) in [6.45, 7) is 5.32. The van der Waals surface area contributed by atoms with Gasteiger partial charge in [0.2, 0.25) is 11.8 Å². The Hall–Kier alpha value is -4.28. The first-order valence-corrected chi connectivity index (χ1v) is 15.6. The minimum Gasteiger partial charge on any atom is -0.340 e. The molecule has 4 heterocycles. The number of likely N-dealkylation sites (N-methyl/N-ethyl adjacent to an activating group) is 2. The fourth-order valence-electron chi connectivity index (χ4n) is 6.36. The fraction of sp³-hybridized carbons (Fsp3) is 0.412. The molecule has 2 saturated heterocycles. The van der Waals surface area contributed by atoms with Gasteiger partial charge in [0.15, 0.2) is 0 Å². The number of rotatable bonds is 9. The largest absolute Gasteiger partial charge is 0.340 e. The molecule has 4 N–H and O–H groups in total. The van der Waals surface area contributed by atoms with Gasteiger partial charge in [0.05, 0.1) is 47.9 Å². The Bertz CT molecular complexity index is 1470. The van der Waals surface area contributed by atoms with Crippen LogP contribution in [0.15, 0.2) is 60.9 Å². The smallest absolute Gasteiger partial charge is 0.240 e. The van der Waals surface area contributed by atoms with E-state index < -0.39 is 0 Å². The number of carbonyl (C=O) groups is 2. The Balaban J connectivity index is 1.12. The molecule has 4 aromatic rings. The summed E-state index contributed by atoms with van der Waals surface area (Å²) in [4.78, 5) is 45.8. The number of amides is 2. The summed E-state index contributed by atoms with van der Waals surface area (Å²) in [5.74, 6) is 1.91. The number of nitrogens with zero attached hydrogens (tertiary/aromatic N) is 4. The number of hydrogen-bond acceptors (Lipinski definition) is 6. The summed E-state index contributed by atoms with van der Waals surface area (Å²) < 4.78 is 0. The normalized spacial score (nSPS) is 19.8. The van der Waals surface area contributed by atoms with Gasteiger partial charge in [0, 0.05) is 13.1 Å². The molecule has 2 aromatic heterocycles. The van der Waals surface area contributed by atoms with E-state index in [1.54, 1.807) is 0 Å². The predicted molar refractivity (Wildman–Crippen MR) is 171 cm³/mol. The molecule has 2 aliphatic rings. The van der Waals surface area contributed by atoms with Gasteiger partial charge in [-0.05, 0) is 75.9 Å². The SMILES string of the molecule is CN[C@@H](C)C(=O)N1CCC[C@H]1c1ncc(-c2ccc(-c3ccc(-c4cnc([C@@H]5CCCN5C(=O)[C@H](C)NC)[nH]4)cc3)cc2)[nH]1. The van der Waals surface area contributed by atoms with Crippen LogP contribution in [0.3, 0.4) is 0 Å². The minimum atomic E-state index is -0.212. The van der Waals surface area contributed by atoms with Gasteiger partial charge in [0.1, 0.15) is 11.6 Å². The highest BCUT2D eigenvalue weighted by Gasteiger charge is 2.35. The fourth-order valence-corrected chi connectivity index (χ4v) is 6.36. The molecule has 10 nitrogen and oxygen atoms in total. The van der Waals surface area contributed by atoms with Gasteiger partial charge >= 0.3 is 0 Å². The van der Waals surface area contributed by atoms with Gasteiger partial charge in [-0.3, -0.25) is 9.59 Å². The van der Waals surface area contributed by atoms with Gasteiger partial charge in [-0.25, -0.2) is 9.97 Å². The number of nitrogens with one attached hydrogen (secondary N) is 4. The van der Waals surface area contributed by atoms with Crippen molar-refractivity contribution in [3.8, 4) is 33.6 Å². The molecule has 0 saturated carbocycles. The van der Waals surface area contributed by atoms with Crippen molar-refractivity contribution < 1.29 is 9.59 Å². The monoisotopic (exact) mass is 594 g/mol. The van der Waals surface area contributed by atoms with E-state index in [1.807, 2.05) is 50.1 Å². The summed E-state index contributed by atoms with van der Waals surface area (Å²) in [7, 11) is 3.63. The van der Waals surface area contributed by atoms with Crippen LogP contribution < -0.4 is 10.6 Å². The van der Waals surface area contributed by atoms with Crippen molar-refractivity contribution in [3.63, 3.8) is 0 Å². The van der Waals surface area contributed by atoms with Crippen molar-refractivity contribution in [1.29, 1.82) is 0 Å². The molecule has 0 spiro atoms. The summed E-state index contributed by atoms with van der Waals surface area (Å²) in [6, 6.07) is 16.4. The van der Waals surface area contributed by atoms with Crippen LogP contribution in [0.25, 0.3) is 33.6 Å². The van der Waals surface area contributed by atoms with Crippen molar-refractivity contribution in [3.05, 3.63) is 72.6 Å². The Labute approximate surface area is 258 Å². The molecule has 0 unspecified atom stereocenters. The molecule has 2 amide bonds. The lowest BCUT2D eigenvalue weighted by Crippen LogP contribution is -2.43. The topological polar surface area (TPSA) is 122 Å². The number of benzene rings is 2. The molecule has 10 heteroatoms. The first-order valence-electron chi connectivity index (χ1n) is 15.6. The summed E-state index contributed by atoms with van der Waals surface area (Å²) in [5, 5.41) is 6.11. The maximum absolute atomic E-state index is 12.8. The zero-order valence-electron chi connectivity index (χ0n) is 25.9. The maximum Gasteiger partial charge on any atom is 0.240 e. The third kappa shape index (κ3) is 5.79. The summed E-state index contributed by atoms with van der Waals surface area (Å²) >= 11 is 0. The molecule has 6 rings (SSSR count). The van der Waals surface area contributed by atoms with Gasteiger partial charge in [-0.2, -0.15) is 0 Å². The second-order valence-corrected chi connectivity index (χ2v) is 11.9. The van der Waals surface area contributed by atoms with Gasteiger partial charge in [0.25, 0.3) is 0 Å². The third-order valence-corrected chi connectivity index (χ3v) is 9.23. The lowest BCUT2D eigenvalue weighted by atomic mass is 10.0. The molecule has 0 aliphatic carbocycles. The number of aromatic nitrogens is 4. The zero-order chi connectivity index (χ0) is 30.8. The molecular formula is C34H42N8O2. The predicted octanol–water partition coefficient (Wildman–Crippen LogP) is 4.68. The summed E-state index contributed by atoms with van der Waals surface area (Å²) in [6.07, 6.45) is 7.52. The first kappa shape index (κ1) is 29.8. The van der Waals surface area contributed by atoms with E-state index in [0.29, 0.717) is 0 Å². The maximum atomic E-state index is 12.8. The molecule has 2 aliphatic heterocycles. The summed E-state index contributed by atoms with van der Waals surface area (Å²) in [5.41, 5.74) is 6.24. The lowest BCUT2D eigenvalue weighted by molar-refractivity contribution is -0.134. The standard InChI is InChI=1S/C34H42N8O2/c1-21(35-3)33(43)41-17-5-7-29(41)31-37-19-27(39-31)25-13-9-23(10-14-25)24-11-15-26(16-12-24)28-20-38-32(40-28)30-8-6-18-42(30)34(44)22(2)36-4/h9-16,19-22,29-30,35-36H,5-8,17-18H2,1-4H3,(H,37,39)(H,38,40)/t21-,22-,29-,30-/m0/s1. The highest BCUT2D eigenvalue weighted by Crippen LogP contribution is 2.34. The Morgan fingerprint density at radius 1 is 0.682 bits per heavy atom. The number of likely N-dealkylation sites (tertiary alicyclic amines) is 2. The van der Waals surface area contributed by atoms with Gasteiger partial charge in [-0.15, -0.1) is 0 Å². The highest BCUT2D eigenvalue weighted by molar-refractivity contribution is 5.82. The molecule has 0 bridgehead atoms. The number of H-pyrrole nitrogens is 2. The van der Waals surface area contributed by atoms with E-state index in [-0.39, 0.29) is 36.0 Å². The molecule has 230 valence electrons. The molecular weight excluding hydrogens is 552 g/mol. The van der Waals surface area contributed by atoms with Crippen LogP contribution >= 0.6 is 0 Å². The van der Waals surface area contributed by atoms with Crippen LogP contribution in [-0.2, 0) is 9.59 Å². The van der Waals surface area contributed by atoms with Crippen LogP contribution in [0.1, 0.15) is 63.3 Å². The number of aromatic amines is 2. The third-order valence-electron chi connectivity index (χ3n) is 9.23. The molecule has 2 fully saturated rings. The second-order valence-electron chi connectivity index (χ2n) is 11.9. The molecule has 2 aromatic carbocycles. The van der Waals surface area contributed by atoms with Crippen molar-refractivity contribution in [2.75, 3.05) is 27.2 Å². The highest BCUT2D eigenvalue weighted by atomic mass is 16.2. The van der Waals surface area contributed by atoms with E-state index in [4.69, 9.17) is 0 Å². The molecule has 0 radical (unpaired) electrons. The van der Waals surface area contributed by atoms with E-state index in [9.17, 15) is 9.59 Å². The van der Waals surface area contributed by atoms with Crippen molar-refractivity contribution in [2.24, 2.45) is 0 Å². The number of hydrogen-bond donors (Lipinski definition) is 4. The van der Waals surface area contributed by atoms with Gasteiger partial charge < -0.3 is 30.4 Å². The molecule has 44 heavy (non-hydrogen) atoms. The second kappa shape index (κ2) is 12.8. The first-order chi connectivity index (χ1) is 21.4. The van der Waals surface area contributed by atoms with E-state index in [2.05, 4.69) is 79.1 Å². The van der Waals surface area contributed by atoms with Crippen LogP contribution in [0.2, 0.25) is 0 Å². The van der Waals surface area contributed by atoms with Crippen molar-refractivity contribution in [1.82, 2.24) is 40.4 Å². The number of carbonyl (C=O) groups excluding carboxylic acids is 2. The Morgan fingerprint density at radius 2 is 1.05 bits per heavy atom. The van der Waals surface area contributed by atoms with Crippen molar-refractivity contribution >= 4 is 11.8 Å². The average molecular weight is 595 g/mol. The number of imidazole rings is 2. The quantitative estimate of drug-likeness (QED) is 0.223. The Morgan fingerprint density at radius 3 is 1.41 bits per heavy atom. The van der Waals surface area contributed by atoms with E-state index in [0.717, 1.165) is 84.1 Å². The lowest BCUT2D eigenvalue weighted by Gasteiger charge is -2.26. The zero-order valence-corrected chi connectivity index (χ0v) is 25.9. The van der Waals surface area contributed by atoms with Crippen LogP contribution in [0.5, 0.6) is 0 Å². The van der Waals surface area contributed by atoms with Crippen LogP contribution in [0.4, 0.5) is 0 Å². The van der Waals surface area contributed by atoms with E-state index >= 15 is 0 Å². The van der Waals surface area contributed by atoms with Gasteiger partial charge in [-0.1, -0.05) is 48.5 Å². The Kier molecular flexibility index (Phi) is 8.63. The average Bonchev–Trinajstić information content (AvgIpc) is 3.89. The van der Waals surface area contributed by atoms with E-state index in [1.165, 1.54) is 0 Å².